The van der Waals surface area contributed by atoms with Gasteiger partial charge in [-0.05, 0) is 55.4 Å². The van der Waals surface area contributed by atoms with Crippen LogP contribution in [0.15, 0.2) is 65.7 Å². The summed E-state index contributed by atoms with van der Waals surface area (Å²) in [6.45, 7) is 8.65. The smallest absolute Gasteiger partial charge is 0.297 e. The summed E-state index contributed by atoms with van der Waals surface area (Å²) < 4.78 is 21.7. The Balaban J connectivity index is 1.18. The number of nitrogens with one attached hydrogen (secondary N) is 2. The van der Waals surface area contributed by atoms with Crippen molar-refractivity contribution in [2.45, 2.75) is 51.2 Å². The lowest BCUT2D eigenvalue weighted by molar-refractivity contribution is 0.0927. The molecule has 2 aromatic carbocycles. The van der Waals surface area contributed by atoms with Gasteiger partial charge in [-0.2, -0.15) is 10.6 Å². The molecule has 2 aliphatic heterocycles. The van der Waals surface area contributed by atoms with E-state index in [4.69, 9.17) is 0 Å². The molecule has 4 N–H and O–H groups in total. The summed E-state index contributed by atoms with van der Waals surface area (Å²) in [6, 6.07) is 16.0. The fourth-order valence-electron chi connectivity index (χ4n) is 6.48. The number of anilines is 1. The molecular weight excluding hydrogens is 576 g/mol. The fourth-order valence-corrected chi connectivity index (χ4v) is 8.29. The number of piperazine rings is 1. The highest BCUT2D eigenvalue weighted by molar-refractivity contribution is 8.24. The van der Waals surface area contributed by atoms with Crippen LogP contribution in [0.5, 0.6) is 0 Å². The average Bonchev–Trinajstić information content (AvgIpc) is 3.76. The number of nitrogens with zero attached hydrogens (tertiary/aromatic N) is 4. The summed E-state index contributed by atoms with van der Waals surface area (Å²) in [7, 11) is -2.40. The molecule has 1 unspecified atom stereocenters. The van der Waals surface area contributed by atoms with E-state index in [1.165, 1.54) is 0 Å². The molecule has 1 amide bonds. The van der Waals surface area contributed by atoms with Gasteiger partial charge in [-0.15, -0.1) is 0 Å². The van der Waals surface area contributed by atoms with Gasteiger partial charge in [0.15, 0.2) is 5.82 Å². The molecule has 1 aromatic heterocycles. The number of benzene rings is 2. The molecule has 0 bridgehead atoms. The number of hydrogen-bond donors (Lipinski definition) is 4. The van der Waals surface area contributed by atoms with Crippen LogP contribution in [0.3, 0.4) is 0 Å². The van der Waals surface area contributed by atoms with Crippen molar-refractivity contribution in [3.05, 3.63) is 88.0 Å². The van der Waals surface area contributed by atoms with Gasteiger partial charge in [0.2, 0.25) is 0 Å². The van der Waals surface area contributed by atoms with Crippen LogP contribution in [-0.4, -0.2) is 90.7 Å². The molecule has 3 aromatic rings. The number of carbonyl (C=O) groups excluding carboxylic acids is 1. The van der Waals surface area contributed by atoms with Crippen LogP contribution in [0.2, 0.25) is 0 Å². The van der Waals surface area contributed by atoms with Gasteiger partial charge < -0.3 is 15.5 Å². The van der Waals surface area contributed by atoms with Crippen molar-refractivity contribution >= 4 is 22.3 Å². The lowest BCUT2D eigenvalue weighted by atomic mass is 9.93. The van der Waals surface area contributed by atoms with Crippen LogP contribution in [-0.2, 0) is 0 Å². The van der Waals surface area contributed by atoms with E-state index in [0.29, 0.717) is 22.8 Å². The Kier molecular flexibility index (Phi) is 9.11. The van der Waals surface area contributed by atoms with Crippen molar-refractivity contribution in [2.75, 3.05) is 49.5 Å². The predicted molar refractivity (Wildman–Crippen MR) is 176 cm³/mol. The third kappa shape index (κ3) is 7.18. The second-order valence-electron chi connectivity index (χ2n) is 12.7. The highest BCUT2D eigenvalue weighted by Gasteiger charge is 2.34. The number of rotatable bonds is 10. The molecule has 3 aliphatic rings. The van der Waals surface area contributed by atoms with Crippen LogP contribution in [0.1, 0.15) is 53.7 Å². The van der Waals surface area contributed by atoms with E-state index in [9.17, 15) is 18.7 Å². The molecule has 44 heavy (non-hydrogen) atoms. The maximum absolute atomic E-state index is 13.9. The van der Waals surface area contributed by atoms with Crippen molar-refractivity contribution in [3.8, 4) is 5.69 Å². The van der Waals surface area contributed by atoms with Crippen molar-refractivity contribution < 1.29 is 13.9 Å². The first-order valence-electron chi connectivity index (χ1n) is 15.7. The SMILES string of the molecule is Cc1ccc(C(=O)NC2CC2)cc1-n1ccnc(N[C@@H](c2ccccc2)[C@@H](C)CN2CCN(C3CCS(O)(O)C3)CC2)c1=O. The van der Waals surface area contributed by atoms with Crippen LogP contribution < -0.4 is 16.2 Å². The number of hydrogen-bond acceptors (Lipinski definition) is 8. The molecule has 3 atom stereocenters. The van der Waals surface area contributed by atoms with Gasteiger partial charge in [0.05, 0.1) is 17.5 Å². The Hall–Kier alpha value is -3.22. The van der Waals surface area contributed by atoms with Crippen LogP contribution >= 0.6 is 10.6 Å². The number of amides is 1. The molecule has 2 saturated heterocycles. The van der Waals surface area contributed by atoms with E-state index < -0.39 is 10.6 Å². The first-order valence-corrected chi connectivity index (χ1v) is 17.6. The van der Waals surface area contributed by atoms with Crippen molar-refractivity contribution in [1.29, 1.82) is 0 Å². The van der Waals surface area contributed by atoms with Crippen LogP contribution in [0.4, 0.5) is 5.82 Å². The summed E-state index contributed by atoms with van der Waals surface area (Å²) in [5, 5.41) is 6.53. The van der Waals surface area contributed by atoms with E-state index >= 15 is 0 Å². The zero-order valence-corrected chi connectivity index (χ0v) is 26.4. The van der Waals surface area contributed by atoms with Gasteiger partial charge in [0.25, 0.3) is 11.5 Å². The fraction of sp³-hybridized carbons (Fsp3) is 0.485. The van der Waals surface area contributed by atoms with Crippen LogP contribution in [0.25, 0.3) is 5.69 Å². The Morgan fingerprint density at radius 2 is 1.82 bits per heavy atom. The van der Waals surface area contributed by atoms with Gasteiger partial charge in [0, 0.05) is 68.5 Å². The first-order chi connectivity index (χ1) is 21.2. The van der Waals surface area contributed by atoms with E-state index in [2.05, 4.69) is 44.5 Å². The second kappa shape index (κ2) is 13.0. The van der Waals surface area contributed by atoms with E-state index in [-0.39, 0.29) is 41.3 Å². The monoisotopic (exact) mass is 620 g/mol. The Morgan fingerprint density at radius 3 is 2.50 bits per heavy atom. The molecule has 11 heteroatoms. The third-order valence-corrected chi connectivity index (χ3v) is 11.0. The molecule has 10 nitrogen and oxygen atoms in total. The van der Waals surface area contributed by atoms with E-state index in [1.807, 2.05) is 31.2 Å². The van der Waals surface area contributed by atoms with Gasteiger partial charge in [-0.3, -0.25) is 28.2 Å². The maximum atomic E-state index is 13.9. The normalized spacial score (nSPS) is 22.7. The molecule has 0 radical (unpaired) electrons. The largest absolute Gasteiger partial charge is 0.358 e. The summed E-state index contributed by atoms with van der Waals surface area (Å²) in [6.07, 6.45) is 6.17. The molecule has 236 valence electrons. The van der Waals surface area contributed by atoms with Gasteiger partial charge in [-0.25, -0.2) is 4.98 Å². The van der Waals surface area contributed by atoms with Crippen molar-refractivity contribution in [3.63, 3.8) is 0 Å². The Morgan fingerprint density at radius 1 is 1.07 bits per heavy atom. The van der Waals surface area contributed by atoms with Crippen molar-refractivity contribution in [2.24, 2.45) is 5.92 Å². The minimum atomic E-state index is -2.40. The zero-order valence-electron chi connectivity index (χ0n) is 25.6. The summed E-state index contributed by atoms with van der Waals surface area (Å²) >= 11 is 0. The summed E-state index contributed by atoms with van der Waals surface area (Å²) in [5.41, 5.74) is 2.91. The average molecular weight is 621 g/mol. The maximum Gasteiger partial charge on any atom is 0.297 e. The van der Waals surface area contributed by atoms with E-state index in [1.54, 1.807) is 29.1 Å². The highest BCUT2D eigenvalue weighted by Crippen LogP contribution is 2.47. The molecule has 3 heterocycles. The minimum Gasteiger partial charge on any atom is -0.358 e. The molecule has 1 aliphatic carbocycles. The highest BCUT2D eigenvalue weighted by atomic mass is 32.3. The van der Waals surface area contributed by atoms with E-state index in [0.717, 1.165) is 63.1 Å². The topological polar surface area (TPSA) is 123 Å². The zero-order chi connectivity index (χ0) is 30.8. The standard InChI is InChI=1S/C33H44N6O4S/c1-23-8-9-26(32(40)35-27-10-11-27)20-29(23)39-14-13-34-31(33(39)41)36-30(25-6-4-3-5-7-25)24(2)21-37-15-17-38(18-16-37)28-12-19-44(42,43)22-28/h3-9,13-14,20,24,27-28,30,42-43H,10-12,15-19,21-22H2,1-2H3,(H,34,36)(H,35,40)/t24-,28?,30+/m0/s1. The minimum absolute atomic E-state index is 0.118. The van der Waals surface area contributed by atoms with Gasteiger partial charge in [-0.1, -0.05) is 43.3 Å². The summed E-state index contributed by atoms with van der Waals surface area (Å²) in [4.78, 5) is 36.0. The Labute approximate surface area is 260 Å². The molecule has 6 rings (SSSR count). The molecular formula is C33H44N6O4S. The lowest BCUT2D eigenvalue weighted by Gasteiger charge is -2.40. The van der Waals surface area contributed by atoms with Gasteiger partial charge in [0.1, 0.15) is 0 Å². The summed E-state index contributed by atoms with van der Waals surface area (Å²) in [5.74, 6) is 1.34. The van der Waals surface area contributed by atoms with Crippen molar-refractivity contribution in [1.82, 2.24) is 24.7 Å². The molecule has 1 saturated carbocycles. The first kappa shape index (κ1) is 30.8. The number of aryl methyl sites for hydroxylation is 1. The quantitative estimate of drug-likeness (QED) is 0.264. The number of carbonyl (C=O) groups is 1. The predicted octanol–water partition coefficient (Wildman–Crippen LogP) is 4.36. The second-order valence-corrected chi connectivity index (χ2v) is 15.0. The molecule has 3 fully saturated rings. The number of aromatic nitrogens is 2. The third-order valence-electron chi connectivity index (χ3n) is 9.21. The molecule has 0 spiro atoms. The lowest BCUT2D eigenvalue weighted by Crippen LogP contribution is -2.51. The van der Waals surface area contributed by atoms with Gasteiger partial charge >= 0.3 is 0 Å². The van der Waals surface area contributed by atoms with Crippen LogP contribution in [0, 0.1) is 12.8 Å². The Bertz CT molecular complexity index is 1520.